The minimum absolute atomic E-state index is 0.155. The zero-order valence-corrected chi connectivity index (χ0v) is 9.81. The zero-order valence-electron chi connectivity index (χ0n) is 9.81. The lowest BCUT2D eigenvalue weighted by Crippen LogP contribution is -2.12. The molecule has 0 aromatic carbocycles. The summed E-state index contributed by atoms with van der Waals surface area (Å²) in [4.78, 5) is 11.4. The first-order chi connectivity index (χ1) is 8.27. The Morgan fingerprint density at radius 1 is 1.29 bits per heavy atom. The lowest BCUT2D eigenvalue weighted by atomic mass is 10.4. The first-order valence-corrected chi connectivity index (χ1v) is 5.30. The third kappa shape index (κ3) is 4.99. The van der Waals surface area contributed by atoms with Gasteiger partial charge in [0.15, 0.2) is 0 Å². The van der Waals surface area contributed by atoms with Crippen LogP contribution in [0.5, 0.6) is 0 Å². The van der Waals surface area contributed by atoms with Crippen LogP contribution in [0.3, 0.4) is 0 Å². The number of carbonyl (C=O) groups excluding carboxylic acids is 1. The van der Waals surface area contributed by atoms with Crippen LogP contribution in [-0.4, -0.2) is 39.5 Å². The number of nitrogens with two attached hydrogens (primary N) is 1. The second-order valence-electron chi connectivity index (χ2n) is 3.21. The number of hydrogen-bond acceptors (Lipinski definition) is 6. The van der Waals surface area contributed by atoms with E-state index in [-0.39, 0.29) is 18.9 Å². The normalized spacial score (nSPS) is 10.5. The molecule has 0 spiro atoms. The standard InChI is InChI=1S/C11H17NO5/c1-14-4-5-15-6-7-16-11(13)10-3-2-9(8-12)17-10/h2-3H,4-8,12H2,1H3. The summed E-state index contributed by atoms with van der Waals surface area (Å²) in [7, 11) is 1.59. The predicted octanol–water partition coefficient (Wildman–Crippen LogP) is 0.558. The van der Waals surface area contributed by atoms with E-state index < -0.39 is 5.97 Å². The van der Waals surface area contributed by atoms with Crippen LogP contribution >= 0.6 is 0 Å². The van der Waals surface area contributed by atoms with Crippen molar-refractivity contribution in [1.82, 2.24) is 0 Å². The lowest BCUT2D eigenvalue weighted by Gasteiger charge is -2.04. The molecule has 1 aromatic rings. The number of carbonyl (C=O) groups is 1. The van der Waals surface area contributed by atoms with Crippen LogP contribution in [0.1, 0.15) is 16.3 Å². The molecule has 17 heavy (non-hydrogen) atoms. The van der Waals surface area contributed by atoms with Crippen molar-refractivity contribution in [1.29, 1.82) is 0 Å². The number of ether oxygens (including phenoxy) is 3. The second-order valence-corrected chi connectivity index (χ2v) is 3.21. The van der Waals surface area contributed by atoms with Gasteiger partial charge >= 0.3 is 5.97 Å². The summed E-state index contributed by atoms with van der Waals surface area (Å²) in [6.07, 6.45) is 0. The molecule has 0 bridgehead atoms. The predicted molar refractivity (Wildman–Crippen MR) is 59.6 cm³/mol. The van der Waals surface area contributed by atoms with Gasteiger partial charge in [0, 0.05) is 7.11 Å². The molecule has 1 heterocycles. The minimum atomic E-state index is -0.514. The summed E-state index contributed by atoms with van der Waals surface area (Å²) in [5, 5.41) is 0. The molecule has 2 N–H and O–H groups in total. The minimum Gasteiger partial charge on any atom is -0.457 e. The number of furan rings is 1. The lowest BCUT2D eigenvalue weighted by molar-refractivity contribution is 0.0190. The van der Waals surface area contributed by atoms with Crippen molar-refractivity contribution in [2.24, 2.45) is 5.73 Å². The third-order valence-electron chi connectivity index (χ3n) is 1.96. The summed E-state index contributed by atoms with van der Waals surface area (Å²) in [6.45, 7) is 1.77. The Morgan fingerprint density at radius 3 is 2.71 bits per heavy atom. The Morgan fingerprint density at radius 2 is 2.06 bits per heavy atom. The SMILES string of the molecule is COCCOCCOC(=O)c1ccc(CN)o1. The molecule has 0 saturated heterocycles. The molecule has 0 aliphatic rings. The van der Waals surface area contributed by atoms with E-state index in [9.17, 15) is 4.79 Å². The molecule has 0 aliphatic heterocycles. The van der Waals surface area contributed by atoms with E-state index in [0.717, 1.165) is 0 Å². The van der Waals surface area contributed by atoms with Crippen LogP contribution in [0, 0.1) is 0 Å². The Kier molecular flexibility index (Phi) is 6.31. The van der Waals surface area contributed by atoms with Crippen LogP contribution in [0.2, 0.25) is 0 Å². The van der Waals surface area contributed by atoms with E-state index in [0.29, 0.717) is 25.6 Å². The van der Waals surface area contributed by atoms with E-state index in [4.69, 9.17) is 24.4 Å². The van der Waals surface area contributed by atoms with Crippen molar-refractivity contribution in [2.75, 3.05) is 33.5 Å². The molecule has 0 saturated carbocycles. The summed E-state index contributed by atoms with van der Waals surface area (Å²) in [5.74, 6) is 0.190. The summed E-state index contributed by atoms with van der Waals surface area (Å²) >= 11 is 0. The fraction of sp³-hybridized carbons (Fsp3) is 0.545. The van der Waals surface area contributed by atoms with Gasteiger partial charge in [-0.25, -0.2) is 4.79 Å². The van der Waals surface area contributed by atoms with Crippen LogP contribution in [0.4, 0.5) is 0 Å². The van der Waals surface area contributed by atoms with Crippen molar-refractivity contribution >= 4 is 5.97 Å². The topological polar surface area (TPSA) is 83.9 Å². The van der Waals surface area contributed by atoms with Gasteiger partial charge in [0.1, 0.15) is 12.4 Å². The summed E-state index contributed by atoms with van der Waals surface area (Å²) < 4.78 is 20.0. The molecule has 0 unspecified atom stereocenters. The maximum Gasteiger partial charge on any atom is 0.374 e. The Bertz CT molecular complexity index is 336. The van der Waals surface area contributed by atoms with E-state index in [1.807, 2.05) is 0 Å². The molecule has 96 valence electrons. The van der Waals surface area contributed by atoms with Crippen molar-refractivity contribution in [3.8, 4) is 0 Å². The largest absolute Gasteiger partial charge is 0.457 e. The van der Waals surface area contributed by atoms with Crippen molar-refractivity contribution in [2.45, 2.75) is 6.54 Å². The Labute approximate surface area is 99.6 Å². The maximum absolute atomic E-state index is 11.4. The number of hydrogen-bond donors (Lipinski definition) is 1. The Hall–Kier alpha value is -1.37. The average molecular weight is 243 g/mol. The third-order valence-corrected chi connectivity index (χ3v) is 1.96. The van der Waals surface area contributed by atoms with Crippen LogP contribution < -0.4 is 5.73 Å². The molecule has 0 fully saturated rings. The van der Waals surface area contributed by atoms with Gasteiger partial charge in [-0.2, -0.15) is 0 Å². The fourth-order valence-corrected chi connectivity index (χ4v) is 1.11. The van der Waals surface area contributed by atoms with Crippen LogP contribution in [0.15, 0.2) is 16.5 Å². The quantitative estimate of drug-likeness (QED) is 0.530. The van der Waals surface area contributed by atoms with Gasteiger partial charge in [0.25, 0.3) is 0 Å². The highest BCUT2D eigenvalue weighted by Crippen LogP contribution is 2.08. The highest BCUT2D eigenvalue weighted by molar-refractivity contribution is 5.86. The van der Waals surface area contributed by atoms with E-state index >= 15 is 0 Å². The molecule has 0 atom stereocenters. The number of methoxy groups -OCH3 is 1. The summed E-state index contributed by atoms with van der Waals surface area (Å²) in [6, 6.07) is 3.18. The van der Waals surface area contributed by atoms with Gasteiger partial charge in [-0.3, -0.25) is 0 Å². The molecular formula is C11H17NO5. The van der Waals surface area contributed by atoms with Crippen molar-refractivity contribution < 1.29 is 23.4 Å². The fourth-order valence-electron chi connectivity index (χ4n) is 1.11. The van der Waals surface area contributed by atoms with Crippen LogP contribution in [-0.2, 0) is 20.8 Å². The van der Waals surface area contributed by atoms with Gasteiger partial charge in [0.2, 0.25) is 5.76 Å². The molecular weight excluding hydrogens is 226 g/mol. The molecule has 6 nitrogen and oxygen atoms in total. The molecule has 6 heteroatoms. The molecule has 0 amide bonds. The summed E-state index contributed by atoms with van der Waals surface area (Å²) in [5.41, 5.74) is 5.35. The molecule has 0 aliphatic carbocycles. The van der Waals surface area contributed by atoms with Gasteiger partial charge in [-0.15, -0.1) is 0 Å². The maximum atomic E-state index is 11.4. The first-order valence-electron chi connectivity index (χ1n) is 5.30. The second kappa shape index (κ2) is 7.83. The monoisotopic (exact) mass is 243 g/mol. The average Bonchev–Trinajstić information content (AvgIpc) is 2.82. The molecule has 1 aromatic heterocycles. The smallest absolute Gasteiger partial charge is 0.374 e. The van der Waals surface area contributed by atoms with Gasteiger partial charge in [0.05, 0.1) is 26.4 Å². The van der Waals surface area contributed by atoms with Crippen molar-refractivity contribution in [3.63, 3.8) is 0 Å². The molecule has 0 radical (unpaired) electrons. The zero-order chi connectivity index (χ0) is 12.5. The molecule has 1 rings (SSSR count). The van der Waals surface area contributed by atoms with Gasteiger partial charge in [-0.05, 0) is 12.1 Å². The van der Waals surface area contributed by atoms with E-state index in [1.165, 1.54) is 6.07 Å². The highest BCUT2D eigenvalue weighted by atomic mass is 16.6. The Balaban J connectivity index is 2.16. The van der Waals surface area contributed by atoms with Gasteiger partial charge in [-0.1, -0.05) is 0 Å². The van der Waals surface area contributed by atoms with E-state index in [2.05, 4.69) is 0 Å². The first kappa shape index (κ1) is 13.7. The highest BCUT2D eigenvalue weighted by Gasteiger charge is 2.11. The van der Waals surface area contributed by atoms with Gasteiger partial charge < -0.3 is 24.4 Å². The van der Waals surface area contributed by atoms with E-state index in [1.54, 1.807) is 13.2 Å². The number of rotatable bonds is 8. The van der Waals surface area contributed by atoms with Crippen LogP contribution in [0.25, 0.3) is 0 Å². The number of esters is 1. The van der Waals surface area contributed by atoms with Crippen molar-refractivity contribution in [3.05, 3.63) is 23.7 Å².